The first kappa shape index (κ1) is 19.6. The van der Waals surface area contributed by atoms with Crippen molar-refractivity contribution in [3.05, 3.63) is 89.2 Å². The molecule has 3 aromatic carbocycles. The summed E-state index contributed by atoms with van der Waals surface area (Å²) in [6.07, 6.45) is -1.07. The molecule has 1 atom stereocenters. The van der Waals surface area contributed by atoms with Gasteiger partial charge < -0.3 is 10.1 Å². The van der Waals surface area contributed by atoms with Gasteiger partial charge in [0.1, 0.15) is 5.82 Å². The Balaban J connectivity index is 1.72. The molecule has 3 rings (SSSR count). The minimum atomic E-state index is -1.07. The molecular weight excluding hydrogens is 381 g/mol. The first-order valence-corrected chi connectivity index (χ1v) is 8.95. The lowest BCUT2D eigenvalue weighted by Gasteiger charge is -2.16. The Morgan fingerprint density at radius 1 is 1.00 bits per heavy atom. The Morgan fingerprint density at radius 3 is 2.39 bits per heavy atom. The molecule has 0 bridgehead atoms. The molecule has 1 N–H and O–H groups in total. The van der Waals surface area contributed by atoms with E-state index in [9.17, 15) is 14.0 Å². The Bertz CT molecular complexity index is 1010. The summed E-state index contributed by atoms with van der Waals surface area (Å²) in [5.74, 6) is -1.86. The number of para-hydroxylation sites is 1. The van der Waals surface area contributed by atoms with Gasteiger partial charge in [0.05, 0.1) is 10.6 Å². The first-order chi connectivity index (χ1) is 13.5. The third kappa shape index (κ3) is 4.56. The summed E-state index contributed by atoms with van der Waals surface area (Å²) in [5, 5.41) is 2.70. The van der Waals surface area contributed by atoms with E-state index < -0.39 is 23.8 Å². The molecule has 0 heterocycles. The molecule has 0 aliphatic carbocycles. The summed E-state index contributed by atoms with van der Waals surface area (Å²) < 4.78 is 18.3. The number of hydrogen-bond acceptors (Lipinski definition) is 3. The van der Waals surface area contributed by atoms with E-state index in [1.54, 1.807) is 12.1 Å². The predicted molar refractivity (Wildman–Crippen MR) is 107 cm³/mol. The average molecular weight is 398 g/mol. The summed E-state index contributed by atoms with van der Waals surface area (Å²) >= 11 is 5.86. The number of hydrogen-bond donors (Lipinski definition) is 1. The van der Waals surface area contributed by atoms with Crippen LogP contribution in [0, 0.1) is 5.82 Å². The number of nitrogens with one attached hydrogen (secondary N) is 1. The fourth-order valence-electron chi connectivity index (χ4n) is 2.63. The van der Waals surface area contributed by atoms with E-state index in [0.29, 0.717) is 5.69 Å². The van der Waals surface area contributed by atoms with Gasteiger partial charge in [-0.2, -0.15) is 0 Å². The molecule has 0 unspecified atom stereocenters. The van der Waals surface area contributed by atoms with E-state index in [1.807, 2.05) is 42.5 Å². The second-order valence-electron chi connectivity index (χ2n) is 6.07. The zero-order valence-electron chi connectivity index (χ0n) is 15.0. The normalized spacial score (nSPS) is 11.5. The Labute approximate surface area is 166 Å². The van der Waals surface area contributed by atoms with Gasteiger partial charge in [-0.15, -0.1) is 0 Å². The minimum Gasteiger partial charge on any atom is -0.449 e. The number of anilines is 1. The quantitative estimate of drug-likeness (QED) is 0.592. The van der Waals surface area contributed by atoms with Gasteiger partial charge in [0.2, 0.25) is 0 Å². The van der Waals surface area contributed by atoms with E-state index >= 15 is 0 Å². The van der Waals surface area contributed by atoms with Crippen LogP contribution in [0.3, 0.4) is 0 Å². The molecule has 1 amide bonds. The molecule has 28 heavy (non-hydrogen) atoms. The van der Waals surface area contributed by atoms with E-state index in [0.717, 1.165) is 23.3 Å². The molecule has 0 aromatic heterocycles. The molecule has 0 radical (unpaired) electrons. The van der Waals surface area contributed by atoms with E-state index in [4.69, 9.17) is 16.3 Å². The van der Waals surface area contributed by atoms with Crippen LogP contribution in [0.2, 0.25) is 5.02 Å². The van der Waals surface area contributed by atoms with Crippen molar-refractivity contribution < 1.29 is 18.7 Å². The fourth-order valence-corrected chi connectivity index (χ4v) is 2.87. The van der Waals surface area contributed by atoms with Crippen molar-refractivity contribution in [2.24, 2.45) is 0 Å². The van der Waals surface area contributed by atoms with Crippen LogP contribution in [0.5, 0.6) is 0 Å². The zero-order valence-corrected chi connectivity index (χ0v) is 15.7. The number of rotatable bonds is 5. The molecule has 0 fully saturated rings. The number of halogens is 2. The Kier molecular flexibility index (Phi) is 6.06. The highest BCUT2D eigenvalue weighted by Crippen LogP contribution is 2.27. The van der Waals surface area contributed by atoms with Crippen molar-refractivity contribution in [3.8, 4) is 11.1 Å². The average Bonchev–Trinajstić information content (AvgIpc) is 2.69. The summed E-state index contributed by atoms with van der Waals surface area (Å²) in [7, 11) is 0. The van der Waals surface area contributed by atoms with Crippen LogP contribution in [-0.4, -0.2) is 18.0 Å². The summed E-state index contributed by atoms with van der Waals surface area (Å²) in [6.45, 7) is 1.45. The molecular formula is C22H17ClFNO3. The molecule has 0 saturated heterocycles. The molecule has 4 nitrogen and oxygen atoms in total. The number of amides is 1. The van der Waals surface area contributed by atoms with Gasteiger partial charge in [0, 0.05) is 11.3 Å². The lowest BCUT2D eigenvalue weighted by Crippen LogP contribution is -2.30. The second-order valence-corrected chi connectivity index (χ2v) is 6.48. The lowest BCUT2D eigenvalue weighted by atomic mass is 10.0. The maximum atomic E-state index is 13.1. The number of ether oxygens (including phenoxy) is 1. The van der Waals surface area contributed by atoms with Crippen LogP contribution in [0.1, 0.15) is 17.3 Å². The maximum absolute atomic E-state index is 13.1. The van der Waals surface area contributed by atoms with Gasteiger partial charge >= 0.3 is 5.97 Å². The molecule has 3 aromatic rings. The van der Waals surface area contributed by atoms with E-state index in [2.05, 4.69) is 5.32 Å². The van der Waals surface area contributed by atoms with Crippen LogP contribution in [-0.2, 0) is 9.53 Å². The minimum absolute atomic E-state index is 0.00703. The van der Waals surface area contributed by atoms with Crippen molar-refractivity contribution in [1.82, 2.24) is 0 Å². The summed E-state index contributed by atoms with van der Waals surface area (Å²) in [6, 6.07) is 20.3. The lowest BCUT2D eigenvalue weighted by molar-refractivity contribution is -0.123. The number of esters is 1. The van der Waals surface area contributed by atoms with Crippen molar-refractivity contribution in [1.29, 1.82) is 0 Å². The van der Waals surface area contributed by atoms with Gasteiger partial charge in [0.15, 0.2) is 6.10 Å². The summed E-state index contributed by atoms with van der Waals surface area (Å²) in [4.78, 5) is 24.7. The predicted octanol–water partition coefficient (Wildman–Crippen LogP) is 5.33. The van der Waals surface area contributed by atoms with Gasteiger partial charge in [0.25, 0.3) is 5.91 Å². The van der Waals surface area contributed by atoms with Crippen LogP contribution in [0.4, 0.5) is 10.1 Å². The van der Waals surface area contributed by atoms with Crippen LogP contribution in [0.15, 0.2) is 72.8 Å². The molecule has 142 valence electrons. The van der Waals surface area contributed by atoms with Crippen molar-refractivity contribution in [3.63, 3.8) is 0 Å². The third-order valence-corrected chi connectivity index (χ3v) is 4.39. The van der Waals surface area contributed by atoms with Gasteiger partial charge in [-0.1, -0.05) is 60.1 Å². The fraction of sp³-hybridized carbons (Fsp3) is 0.0909. The van der Waals surface area contributed by atoms with Crippen molar-refractivity contribution >= 4 is 29.2 Å². The van der Waals surface area contributed by atoms with Crippen LogP contribution in [0.25, 0.3) is 11.1 Å². The molecule has 0 aliphatic heterocycles. The van der Waals surface area contributed by atoms with E-state index in [1.165, 1.54) is 13.0 Å². The van der Waals surface area contributed by atoms with Crippen LogP contribution < -0.4 is 5.32 Å². The molecule has 6 heteroatoms. The van der Waals surface area contributed by atoms with Gasteiger partial charge in [-0.3, -0.25) is 4.79 Å². The highest BCUT2D eigenvalue weighted by Gasteiger charge is 2.21. The third-order valence-electron chi connectivity index (χ3n) is 4.07. The van der Waals surface area contributed by atoms with Crippen molar-refractivity contribution in [2.75, 3.05) is 5.32 Å². The second kappa shape index (κ2) is 8.67. The van der Waals surface area contributed by atoms with Gasteiger partial charge in [-0.25, -0.2) is 9.18 Å². The largest absolute Gasteiger partial charge is 0.449 e. The van der Waals surface area contributed by atoms with E-state index in [-0.39, 0.29) is 10.6 Å². The standard InChI is InChI=1S/C22H17ClFNO3/c1-14(28-22(27)18-12-11-16(24)13-19(18)23)21(26)25-20-10-6-5-9-17(20)15-7-3-2-4-8-15/h2-14H,1H3,(H,25,26)/t14-/m0/s1. The monoisotopic (exact) mass is 397 g/mol. The maximum Gasteiger partial charge on any atom is 0.340 e. The number of benzene rings is 3. The number of carbonyl (C=O) groups is 2. The smallest absolute Gasteiger partial charge is 0.340 e. The SMILES string of the molecule is C[C@H](OC(=O)c1ccc(F)cc1Cl)C(=O)Nc1ccccc1-c1ccccc1. The topological polar surface area (TPSA) is 55.4 Å². The van der Waals surface area contributed by atoms with Crippen molar-refractivity contribution in [2.45, 2.75) is 13.0 Å². The molecule has 0 aliphatic rings. The molecule has 0 spiro atoms. The Hall–Kier alpha value is -3.18. The Morgan fingerprint density at radius 2 is 1.68 bits per heavy atom. The highest BCUT2D eigenvalue weighted by molar-refractivity contribution is 6.33. The molecule has 0 saturated carbocycles. The summed E-state index contributed by atoms with van der Waals surface area (Å²) in [5.41, 5.74) is 2.38. The zero-order chi connectivity index (χ0) is 20.1. The van der Waals surface area contributed by atoms with Crippen LogP contribution >= 0.6 is 11.6 Å². The number of carbonyl (C=O) groups excluding carboxylic acids is 2. The highest BCUT2D eigenvalue weighted by atomic mass is 35.5. The van der Waals surface area contributed by atoms with Gasteiger partial charge in [-0.05, 0) is 36.8 Å². The first-order valence-electron chi connectivity index (χ1n) is 8.57.